The standard InChI is InChI=1S/C14H31N3/c1-13(2)10-16(5)11-14(3,4)12-17-8-6-15-7-9-17/h13,15H,6-12H2,1-5H3. The Labute approximate surface area is 108 Å². The van der Waals surface area contributed by atoms with Crippen LogP contribution in [0, 0.1) is 11.3 Å². The van der Waals surface area contributed by atoms with Gasteiger partial charge < -0.3 is 15.1 Å². The van der Waals surface area contributed by atoms with E-state index in [1.165, 1.54) is 32.7 Å². The van der Waals surface area contributed by atoms with Crippen molar-refractivity contribution in [3.8, 4) is 0 Å². The lowest BCUT2D eigenvalue weighted by atomic mass is 9.91. The molecule has 3 nitrogen and oxygen atoms in total. The van der Waals surface area contributed by atoms with Crippen molar-refractivity contribution in [1.29, 1.82) is 0 Å². The lowest BCUT2D eigenvalue weighted by Gasteiger charge is -2.37. The van der Waals surface area contributed by atoms with E-state index in [0.29, 0.717) is 5.41 Å². The summed E-state index contributed by atoms with van der Waals surface area (Å²) in [7, 11) is 2.25. The fourth-order valence-corrected chi connectivity index (χ4v) is 2.94. The highest BCUT2D eigenvalue weighted by Gasteiger charge is 2.24. The van der Waals surface area contributed by atoms with Crippen LogP contribution in [0.25, 0.3) is 0 Å². The van der Waals surface area contributed by atoms with Crippen molar-refractivity contribution in [2.45, 2.75) is 27.7 Å². The van der Waals surface area contributed by atoms with E-state index in [0.717, 1.165) is 19.0 Å². The number of rotatable bonds is 6. The van der Waals surface area contributed by atoms with E-state index in [-0.39, 0.29) is 0 Å². The molecular formula is C14H31N3. The van der Waals surface area contributed by atoms with Crippen LogP contribution in [0.3, 0.4) is 0 Å². The van der Waals surface area contributed by atoms with Gasteiger partial charge in [-0.1, -0.05) is 27.7 Å². The average Bonchev–Trinajstić information content (AvgIpc) is 2.15. The molecule has 1 rings (SSSR count). The van der Waals surface area contributed by atoms with Gasteiger partial charge in [0.15, 0.2) is 0 Å². The van der Waals surface area contributed by atoms with Crippen molar-refractivity contribution in [3.63, 3.8) is 0 Å². The number of nitrogens with zero attached hydrogens (tertiary/aromatic N) is 2. The van der Waals surface area contributed by atoms with Gasteiger partial charge in [-0.2, -0.15) is 0 Å². The molecular weight excluding hydrogens is 210 g/mol. The maximum atomic E-state index is 3.42. The Balaban J connectivity index is 2.33. The molecule has 0 unspecified atom stereocenters. The Morgan fingerprint density at radius 1 is 1.24 bits per heavy atom. The third-order valence-corrected chi connectivity index (χ3v) is 3.24. The first-order chi connectivity index (χ1) is 7.89. The summed E-state index contributed by atoms with van der Waals surface area (Å²) < 4.78 is 0. The molecule has 0 aromatic carbocycles. The quantitative estimate of drug-likeness (QED) is 0.760. The Hall–Kier alpha value is -0.120. The molecule has 17 heavy (non-hydrogen) atoms. The van der Waals surface area contributed by atoms with E-state index >= 15 is 0 Å². The molecule has 0 spiro atoms. The third-order valence-electron chi connectivity index (χ3n) is 3.24. The van der Waals surface area contributed by atoms with E-state index in [1.807, 2.05) is 0 Å². The molecule has 1 fully saturated rings. The molecule has 102 valence electrons. The van der Waals surface area contributed by atoms with Gasteiger partial charge in [0.1, 0.15) is 0 Å². The number of nitrogens with one attached hydrogen (secondary N) is 1. The van der Waals surface area contributed by atoms with Crippen molar-refractivity contribution in [3.05, 3.63) is 0 Å². The largest absolute Gasteiger partial charge is 0.314 e. The first kappa shape index (κ1) is 14.9. The molecule has 0 bridgehead atoms. The maximum absolute atomic E-state index is 3.42. The van der Waals surface area contributed by atoms with Gasteiger partial charge in [0, 0.05) is 45.8 Å². The van der Waals surface area contributed by atoms with Crippen molar-refractivity contribution in [2.24, 2.45) is 11.3 Å². The summed E-state index contributed by atoms with van der Waals surface area (Å²) in [5.74, 6) is 0.759. The van der Waals surface area contributed by atoms with Crippen LogP contribution in [0.1, 0.15) is 27.7 Å². The highest BCUT2D eigenvalue weighted by Crippen LogP contribution is 2.19. The minimum absolute atomic E-state index is 0.390. The van der Waals surface area contributed by atoms with Crippen molar-refractivity contribution in [2.75, 3.05) is 52.9 Å². The van der Waals surface area contributed by atoms with Gasteiger partial charge in [-0.15, -0.1) is 0 Å². The van der Waals surface area contributed by atoms with Crippen molar-refractivity contribution < 1.29 is 0 Å². The molecule has 0 aromatic heterocycles. The fraction of sp³-hybridized carbons (Fsp3) is 1.00. The smallest absolute Gasteiger partial charge is 0.0108 e. The predicted molar refractivity (Wildman–Crippen MR) is 75.4 cm³/mol. The highest BCUT2D eigenvalue weighted by atomic mass is 15.2. The summed E-state index contributed by atoms with van der Waals surface area (Å²) in [6.45, 7) is 17.7. The molecule has 1 N–H and O–H groups in total. The minimum Gasteiger partial charge on any atom is -0.314 e. The fourth-order valence-electron chi connectivity index (χ4n) is 2.94. The first-order valence-electron chi connectivity index (χ1n) is 7.01. The lowest BCUT2D eigenvalue weighted by molar-refractivity contribution is 0.119. The molecule has 1 aliphatic heterocycles. The predicted octanol–water partition coefficient (Wildman–Crippen LogP) is 1.51. The topological polar surface area (TPSA) is 18.5 Å². The van der Waals surface area contributed by atoms with Crippen LogP contribution in [0.4, 0.5) is 0 Å². The number of hydrogen-bond donors (Lipinski definition) is 1. The Bertz CT molecular complexity index is 208. The molecule has 1 saturated heterocycles. The summed E-state index contributed by atoms with van der Waals surface area (Å²) in [6, 6.07) is 0. The first-order valence-corrected chi connectivity index (χ1v) is 7.01. The molecule has 1 aliphatic rings. The third kappa shape index (κ3) is 6.39. The van der Waals surface area contributed by atoms with E-state index in [9.17, 15) is 0 Å². The number of piperazine rings is 1. The Morgan fingerprint density at radius 2 is 1.82 bits per heavy atom. The van der Waals surface area contributed by atoms with Crippen molar-refractivity contribution >= 4 is 0 Å². The van der Waals surface area contributed by atoms with Gasteiger partial charge in [0.05, 0.1) is 0 Å². The number of hydrogen-bond acceptors (Lipinski definition) is 3. The van der Waals surface area contributed by atoms with Crippen LogP contribution in [0.15, 0.2) is 0 Å². The molecule has 0 atom stereocenters. The van der Waals surface area contributed by atoms with E-state index in [4.69, 9.17) is 0 Å². The molecule has 0 amide bonds. The molecule has 1 heterocycles. The van der Waals surface area contributed by atoms with Gasteiger partial charge in [-0.25, -0.2) is 0 Å². The van der Waals surface area contributed by atoms with E-state index in [2.05, 4.69) is 49.9 Å². The van der Waals surface area contributed by atoms with Crippen LogP contribution >= 0.6 is 0 Å². The second-order valence-electron chi connectivity index (χ2n) is 6.78. The van der Waals surface area contributed by atoms with Crippen molar-refractivity contribution in [1.82, 2.24) is 15.1 Å². The van der Waals surface area contributed by atoms with Crippen LogP contribution in [0.5, 0.6) is 0 Å². The monoisotopic (exact) mass is 241 g/mol. The van der Waals surface area contributed by atoms with E-state index in [1.54, 1.807) is 0 Å². The van der Waals surface area contributed by atoms with E-state index < -0.39 is 0 Å². The van der Waals surface area contributed by atoms with Gasteiger partial charge in [-0.05, 0) is 18.4 Å². The minimum atomic E-state index is 0.390. The van der Waals surface area contributed by atoms with Gasteiger partial charge >= 0.3 is 0 Å². The summed E-state index contributed by atoms with van der Waals surface area (Å²) in [6.07, 6.45) is 0. The second kappa shape index (κ2) is 6.72. The van der Waals surface area contributed by atoms with Crippen LogP contribution in [0.2, 0.25) is 0 Å². The summed E-state index contributed by atoms with van der Waals surface area (Å²) in [5.41, 5.74) is 0.390. The second-order valence-corrected chi connectivity index (χ2v) is 6.78. The molecule has 0 saturated carbocycles. The molecule has 0 aromatic rings. The summed E-state index contributed by atoms with van der Waals surface area (Å²) >= 11 is 0. The van der Waals surface area contributed by atoms with Gasteiger partial charge in [-0.3, -0.25) is 0 Å². The zero-order valence-corrected chi connectivity index (χ0v) is 12.4. The molecule has 0 aliphatic carbocycles. The zero-order chi connectivity index (χ0) is 12.9. The average molecular weight is 241 g/mol. The van der Waals surface area contributed by atoms with Gasteiger partial charge in [0.25, 0.3) is 0 Å². The van der Waals surface area contributed by atoms with Crippen LogP contribution in [-0.4, -0.2) is 62.7 Å². The highest BCUT2D eigenvalue weighted by molar-refractivity contribution is 4.79. The van der Waals surface area contributed by atoms with Crippen LogP contribution < -0.4 is 5.32 Å². The molecule has 3 heteroatoms. The summed E-state index contributed by atoms with van der Waals surface area (Å²) in [5, 5.41) is 3.42. The van der Waals surface area contributed by atoms with Crippen LogP contribution in [-0.2, 0) is 0 Å². The normalized spacial score (nSPS) is 19.2. The SMILES string of the molecule is CC(C)CN(C)CC(C)(C)CN1CCNCC1. The lowest BCUT2D eigenvalue weighted by Crippen LogP contribution is -2.49. The Morgan fingerprint density at radius 3 is 2.35 bits per heavy atom. The summed E-state index contributed by atoms with van der Waals surface area (Å²) in [4.78, 5) is 5.08. The van der Waals surface area contributed by atoms with Gasteiger partial charge in [0.2, 0.25) is 0 Å². The Kier molecular flexibility index (Phi) is 5.90. The molecule has 0 radical (unpaired) electrons. The zero-order valence-electron chi connectivity index (χ0n) is 12.4. The maximum Gasteiger partial charge on any atom is 0.0108 e.